The SMILES string of the molecule is Nc1cccc(S(=O)(=O)c2cccc(NCC(O)Cc3ccc(Cc4ccc(CC(O)CNc5cccc(S(=O)(=O)c6cccc(N)c6)c5)cc4)cc3)c2)c1. The molecule has 0 aliphatic heterocycles. The molecular weight excluding hydrogens is 733 g/mol. The first-order valence-electron chi connectivity index (χ1n) is 17.8. The second-order valence-corrected chi connectivity index (χ2v) is 17.4. The van der Waals surface area contributed by atoms with E-state index in [9.17, 15) is 27.0 Å². The minimum atomic E-state index is -3.74. The van der Waals surface area contributed by atoms with Crippen molar-refractivity contribution in [2.24, 2.45) is 0 Å². The van der Waals surface area contributed by atoms with Crippen LogP contribution in [0.25, 0.3) is 0 Å². The summed E-state index contributed by atoms with van der Waals surface area (Å²) in [5.74, 6) is 0. The molecule has 6 rings (SSSR count). The number of hydrogen-bond donors (Lipinski definition) is 6. The van der Waals surface area contributed by atoms with Crippen LogP contribution in [-0.2, 0) is 38.9 Å². The monoisotopic (exact) mass is 776 g/mol. The van der Waals surface area contributed by atoms with Gasteiger partial charge in [0.05, 0.1) is 31.8 Å². The molecule has 0 saturated heterocycles. The van der Waals surface area contributed by atoms with E-state index in [0.717, 1.165) is 28.7 Å². The van der Waals surface area contributed by atoms with Crippen LogP contribution < -0.4 is 22.1 Å². The zero-order valence-electron chi connectivity index (χ0n) is 30.0. The van der Waals surface area contributed by atoms with Crippen molar-refractivity contribution in [1.82, 2.24) is 0 Å². The van der Waals surface area contributed by atoms with Gasteiger partial charge in [-0.2, -0.15) is 0 Å². The number of nitrogens with two attached hydrogens (primary N) is 2. The highest BCUT2D eigenvalue weighted by Gasteiger charge is 2.20. The molecule has 0 radical (unpaired) electrons. The molecule has 0 heterocycles. The largest absolute Gasteiger partial charge is 0.399 e. The Hall–Kier alpha value is -5.66. The second kappa shape index (κ2) is 17.2. The summed E-state index contributed by atoms with van der Waals surface area (Å²) in [7, 11) is -7.48. The van der Waals surface area contributed by atoms with E-state index in [1.807, 2.05) is 48.5 Å². The van der Waals surface area contributed by atoms with Crippen LogP contribution in [0.4, 0.5) is 22.7 Å². The van der Waals surface area contributed by atoms with Crippen LogP contribution in [0.3, 0.4) is 0 Å². The second-order valence-electron chi connectivity index (χ2n) is 13.5. The van der Waals surface area contributed by atoms with Gasteiger partial charge in [-0.3, -0.25) is 0 Å². The van der Waals surface area contributed by atoms with Crippen LogP contribution in [0, 0.1) is 0 Å². The highest BCUT2D eigenvalue weighted by molar-refractivity contribution is 7.91. The Balaban J connectivity index is 0.953. The summed E-state index contributed by atoms with van der Waals surface area (Å²) >= 11 is 0. The van der Waals surface area contributed by atoms with E-state index in [2.05, 4.69) is 10.6 Å². The maximum absolute atomic E-state index is 13.1. The fourth-order valence-corrected chi connectivity index (χ4v) is 8.89. The normalized spacial score (nSPS) is 12.8. The van der Waals surface area contributed by atoms with E-state index < -0.39 is 31.9 Å². The number of sulfone groups is 2. The van der Waals surface area contributed by atoms with Gasteiger partial charge in [0.2, 0.25) is 19.7 Å². The van der Waals surface area contributed by atoms with E-state index in [-0.39, 0.29) is 32.7 Å². The molecule has 12 heteroatoms. The third-order valence-corrected chi connectivity index (χ3v) is 12.6. The average Bonchev–Trinajstić information content (AvgIpc) is 3.18. The van der Waals surface area contributed by atoms with Crippen molar-refractivity contribution < 1.29 is 27.0 Å². The van der Waals surface area contributed by atoms with Crippen molar-refractivity contribution >= 4 is 42.4 Å². The summed E-state index contributed by atoms with van der Waals surface area (Å²) in [6.07, 6.45) is 0.180. The van der Waals surface area contributed by atoms with Crippen molar-refractivity contribution in [2.75, 3.05) is 35.2 Å². The van der Waals surface area contributed by atoms with Crippen LogP contribution in [0.5, 0.6) is 0 Å². The molecule has 0 aliphatic carbocycles. The molecule has 2 atom stereocenters. The lowest BCUT2D eigenvalue weighted by atomic mass is 9.99. The van der Waals surface area contributed by atoms with Crippen LogP contribution in [0.2, 0.25) is 0 Å². The van der Waals surface area contributed by atoms with Crippen molar-refractivity contribution in [3.63, 3.8) is 0 Å². The molecule has 10 nitrogen and oxygen atoms in total. The Labute approximate surface area is 322 Å². The highest BCUT2D eigenvalue weighted by Crippen LogP contribution is 2.26. The molecule has 0 spiro atoms. The molecule has 0 bridgehead atoms. The average molecular weight is 777 g/mol. The summed E-state index contributed by atoms with van der Waals surface area (Å²) in [6, 6.07) is 41.5. The first-order chi connectivity index (χ1) is 26.3. The van der Waals surface area contributed by atoms with Gasteiger partial charge in [0.15, 0.2) is 0 Å². The molecule has 0 saturated carbocycles. The van der Waals surface area contributed by atoms with E-state index in [1.165, 1.54) is 36.4 Å². The standard InChI is InChI=1S/C43H44N4O6S2/c44-34-5-1-9-40(24-34)54(50,51)42-11-3-7-36(26-42)46-28-38(48)22-32-17-13-30(14-18-32)21-31-15-19-33(20-16-31)23-39(49)29-47-37-8-4-12-43(27-37)55(52,53)41-10-2-6-35(45)25-41/h1-20,24-27,38-39,46-49H,21-23,28-29,44-45H2. The molecule has 0 fully saturated rings. The van der Waals surface area contributed by atoms with Crippen molar-refractivity contribution in [3.05, 3.63) is 168 Å². The van der Waals surface area contributed by atoms with Crippen molar-refractivity contribution in [1.29, 1.82) is 0 Å². The number of aliphatic hydroxyl groups excluding tert-OH is 2. The summed E-state index contributed by atoms with van der Waals surface area (Å²) in [6.45, 7) is 0.479. The summed E-state index contributed by atoms with van der Waals surface area (Å²) in [5, 5.41) is 27.8. The van der Waals surface area contributed by atoms with Gasteiger partial charge in [-0.15, -0.1) is 0 Å². The van der Waals surface area contributed by atoms with E-state index in [0.29, 0.717) is 35.6 Å². The molecule has 0 amide bonds. The predicted molar refractivity (Wildman–Crippen MR) is 218 cm³/mol. The van der Waals surface area contributed by atoms with Gasteiger partial charge in [0.1, 0.15) is 0 Å². The van der Waals surface area contributed by atoms with Gasteiger partial charge in [-0.05, 0) is 101 Å². The number of nitrogens with one attached hydrogen (secondary N) is 2. The molecule has 0 aromatic heterocycles. The van der Waals surface area contributed by atoms with E-state index >= 15 is 0 Å². The maximum Gasteiger partial charge on any atom is 0.206 e. The molecule has 8 N–H and O–H groups in total. The van der Waals surface area contributed by atoms with Gasteiger partial charge < -0.3 is 32.3 Å². The summed E-state index contributed by atoms with van der Waals surface area (Å²) in [5.41, 5.74) is 17.7. The first kappa shape index (κ1) is 39.0. The third-order valence-electron chi connectivity index (χ3n) is 9.11. The minimum Gasteiger partial charge on any atom is -0.399 e. The lowest BCUT2D eigenvalue weighted by molar-refractivity contribution is 0.187. The van der Waals surface area contributed by atoms with E-state index in [1.54, 1.807) is 60.7 Å². The molecule has 55 heavy (non-hydrogen) atoms. The van der Waals surface area contributed by atoms with Crippen molar-refractivity contribution in [3.8, 4) is 0 Å². The zero-order valence-corrected chi connectivity index (χ0v) is 31.7. The lowest BCUT2D eigenvalue weighted by Gasteiger charge is -2.15. The number of nitrogen functional groups attached to an aromatic ring is 2. The van der Waals surface area contributed by atoms with Gasteiger partial charge in [-0.1, -0.05) is 72.8 Å². The van der Waals surface area contributed by atoms with E-state index in [4.69, 9.17) is 11.5 Å². The Morgan fingerprint density at radius 1 is 0.455 bits per heavy atom. The molecule has 284 valence electrons. The fourth-order valence-electron chi connectivity index (χ4n) is 6.16. The Morgan fingerprint density at radius 2 is 0.782 bits per heavy atom. The predicted octanol–water partition coefficient (Wildman–Crippen LogP) is 6.14. The number of benzene rings is 6. The number of hydrogen-bond acceptors (Lipinski definition) is 10. The Bertz CT molecular complexity index is 2280. The Morgan fingerprint density at radius 3 is 1.15 bits per heavy atom. The fraction of sp³-hybridized carbons (Fsp3) is 0.163. The number of aliphatic hydroxyl groups is 2. The molecular formula is C43H44N4O6S2. The molecule has 6 aromatic rings. The zero-order chi connectivity index (χ0) is 39.0. The maximum atomic E-state index is 13.1. The molecule has 6 aromatic carbocycles. The topological polar surface area (TPSA) is 185 Å². The third kappa shape index (κ3) is 10.3. The van der Waals surface area contributed by atoms with Gasteiger partial charge >= 0.3 is 0 Å². The lowest BCUT2D eigenvalue weighted by Crippen LogP contribution is -2.22. The minimum absolute atomic E-state index is 0.124. The first-order valence-corrected chi connectivity index (χ1v) is 20.7. The smallest absolute Gasteiger partial charge is 0.206 e. The number of anilines is 4. The quantitative estimate of drug-likeness (QED) is 0.0625. The number of rotatable bonds is 16. The Kier molecular flexibility index (Phi) is 12.2. The van der Waals surface area contributed by atoms with Crippen LogP contribution in [0.1, 0.15) is 22.3 Å². The summed E-state index contributed by atoms with van der Waals surface area (Å²) < 4.78 is 52.3. The van der Waals surface area contributed by atoms with Gasteiger partial charge in [-0.25, -0.2) is 16.8 Å². The van der Waals surface area contributed by atoms with Crippen LogP contribution >= 0.6 is 0 Å². The molecule has 0 aliphatic rings. The summed E-state index contributed by atoms with van der Waals surface area (Å²) in [4.78, 5) is 0.526. The van der Waals surface area contributed by atoms with Gasteiger partial charge in [0, 0.05) is 48.7 Å². The molecule has 2 unspecified atom stereocenters. The van der Waals surface area contributed by atoms with Crippen LogP contribution in [-0.4, -0.2) is 52.3 Å². The van der Waals surface area contributed by atoms with Gasteiger partial charge in [0.25, 0.3) is 0 Å². The van der Waals surface area contributed by atoms with Crippen molar-refractivity contribution in [2.45, 2.75) is 51.1 Å². The van der Waals surface area contributed by atoms with Crippen LogP contribution in [0.15, 0.2) is 165 Å². The highest BCUT2D eigenvalue weighted by atomic mass is 32.2.